The predicted octanol–water partition coefficient (Wildman–Crippen LogP) is 3.57. The molecule has 1 atom stereocenters. The van der Waals surface area contributed by atoms with Crippen LogP contribution in [0.15, 0.2) is 60.7 Å². The third kappa shape index (κ3) is 4.03. The zero-order valence-corrected chi connectivity index (χ0v) is 18.6. The summed E-state index contributed by atoms with van der Waals surface area (Å²) >= 11 is 0. The predicted molar refractivity (Wildman–Crippen MR) is 125 cm³/mol. The van der Waals surface area contributed by atoms with Crippen LogP contribution < -0.4 is 16.0 Å². The van der Waals surface area contributed by atoms with Gasteiger partial charge in [-0.3, -0.25) is 19.8 Å². The number of carbonyl (C=O) groups excluding carboxylic acids is 4. The van der Waals surface area contributed by atoms with Gasteiger partial charge < -0.3 is 10.6 Å². The molecule has 33 heavy (non-hydrogen) atoms. The molecule has 168 valence electrons. The second-order valence-corrected chi connectivity index (χ2v) is 8.22. The highest BCUT2D eigenvalue weighted by Gasteiger charge is 2.50. The number of amides is 6. The van der Waals surface area contributed by atoms with E-state index < -0.39 is 36.0 Å². The van der Waals surface area contributed by atoms with Crippen LogP contribution in [-0.2, 0) is 15.1 Å². The Bertz CT molecular complexity index is 1300. The van der Waals surface area contributed by atoms with Crippen molar-refractivity contribution in [2.45, 2.75) is 26.3 Å². The molecule has 0 aliphatic carbocycles. The van der Waals surface area contributed by atoms with Gasteiger partial charge >= 0.3 is 12.1 Å². The molecule has 3 aromatic rings. The summed E-state index contributed by atoms with van der Waals surface area (Å²) in [5, 5.41) is 9.26. The van der Waals surface area contributed by atoms with Crippen molar-refractivity contribution in [1.29, 1.82) is 0 Å². The molecule has 1 fully saturated rings. The second kappa shape index (κ2) is 8.38. The van der Waals surface area contributed by atoms with Crippen LogP contribution in [0.5, 0.6) is 0 Å². The Kier molecular flexibility index (Phi) is 5.59. The number of nitrogens with zero attached hydrogens (tertiary/aromatic N) is 1. The summed E-state index contributed by atoms with van der Waals surface area (Å²) in [6.07, 6.45) is 0. The molecule has 6 amide bonds. The number of aryl methyl sites for hydroxylation is 1. The summed E-state index contributed by atoms with van der Waals surface area (Å²) in [6.45, 7) is 4.80. The van der Waals surface area contributed by atoms with E-state index >= 15 is 0 Å². The third-order valence-electron chi connectivity index (χ3n) is 6.01. The SMILES string of the molecule is Cc1cccc(NC(=O)NC(=O)CN2C(=O)N[C@@](C)(c3cccc4ccccc34)C2=O)c1C. The van der Waals surface area contributed by atoms with Crippen molar-refractivity contribution in [2.75, 3.05) is 11.9 Å². The molecule has 3 aromatic carbocycles. The zero-order valence-electron chi connectivity index (χ0n) is 18.6. The zero-order chi connectivity index (χ0) is 23.8. The van der Waals surface area contributed by atoms with E-state index in [-0.39, 0.29) is 0 Å². The first-order valence-electron chi connectivity index (χ1n) is 10.5. The van der Waals surface area contributed by atoms with Gasteiger partial charge in [0.25, 0.3) is 5.91 Å². The topological polar surface area (TPSA) is 108 Å². The van der Waals surface area contributed by atoms with Crippen molar-refractivity contribution in [3.63, 3.8) is 0 Å². The molecule has 1 aliphatic heterocycles. The fourth-order valence-corrected chi connectivity index (χ4v) is 4.03. The van der Waals surface area contributed by atoms with Gasteiger partial charge in [0.2, 0.25) is 5.91 Å². The van der Waals surface area contributed by atoms with Gasteiger partial charge in [-0.05, 0) is 54.3 Å². The lowest BCUT2D eigenvalue weighted by atomic mass is 9.88. The van der Waals surface area contributed by atoms with E-state index in [1.807, 2.05) is 56.3 Å². The van der Waals surface area contributed by atoms with Gasteiger partial charge in [0, 0.05) is 5.69 Å². The van der Waals surface area contributed by atoms with Crippen LogP contribution in [0.2, 0.25) is 0 Å². The van der Waals surface area contributed by atoms with Crippen LogP contribution in [0.1, 0.15) is 23.6 Å². The molecule has 0 bridgehead atoms. The van der Waals surface area contributed by atoms with Crippen molar-refractivity contribution in [3.05, 3.63) is 77.4 Å². The van der Waals surface area contributed by atoms with E-state index in [1.165, 1.54) is 0 Å². The van der Waals surface area contributed by atoms with E-state index in [0.29, 0.717) is 11.3 Å². The van der Waals surface area contributed by atoms with Crippen molar-refractivity contribution in [1.82, 2.24) is 15.5 Å². The first-order chi connectivity index (χ1) is 15.7. The van der Waals surface area contributed by atoms with E-state index in [9.17, 15) is 19.2 Å². The molecule has 8 heteroatoms. The lowest BCUT2D eigenvalue weighted by molar-refractivity contribution is -0.134. The average Bonchev–Trinajstić information content (AvgIpc) is 3.00. The third-order valence-corrected chi connectivity index (χ3v) is 6.01. The second-order valence-electron chi connectivity index (χ2n) is 8.22. The number of hydrogen-bond donors (Lipinski definition) is 3. The standard InChI is InChI=1S/C25H24N4O4/c1-15-8-6-13-20(16(15)2)26-23(32)27-21(30)14-29-22(31)25(3,28-24(29)33)19-12-7-10-17-9-4-5-11-18(17)19/h4-13H,14H2,1-3H3,(H,28,33)(H2,26,27,30,32)/t25-/m0/s1. The van der Waals surface area contributed by atoms with Gasteiger partial charge in [0.05, 0.1) is 0 Å². The van der Waals surface area contributed by atoms with Crippen molar-refractivity contribution in [2.24, 2.45) is 0 Å². The molecule has 1 aliphatic rings. The van der Waals surface area contributed by atoms with Gasteiger partial charge in [-0.1, -0.05) is 54.6 Å². The molecule has 0 radical (unpaired) electrons. The molecule has 0 aromatic heterocycles. The molecule has 4 rings (SSSR count). The fourth-order valence-electron chi connectivity index (χ4n) is 4.03. The van der Waals surface area contributed by atoms with Crippen molar-refractivity contribution in [3.8, 4) is 0 Å². The van der Waals surface area contributed by atoms with Gasteiger partial charge in [0.1, 0.15) is 12.1 Å². The Balaban J connectivity index is 1.48. The van der Waals surface area contributed by atoms with Crippen LogP contribution in [0.4, 0.5) is 15.3 Å². The molecule has 0 unspecified atom stereocenters. The minimum absolute atomic E-state index is 0.561. The minimum Gasteiger partial charge on any atom is -0.319 e. The summed E-state index contributed by atoms with van der Waals surface area (Å²) in [5.74, 6) is -1.34. The molecular formula is C25H24N4O4. The van der Waals surface area contributed by atoms with E-state index in [0.717, 1.165) is 26.8 Å². The summed E-state index contributed by atoms with van der Waals surface area (Å²) in [4.78, 5) is 51.4. The molecule has 0 spiro atoms. The number of anilines is 1. The number of benzene rings is 3. The maximum atomic E-state index is 13.2. The van der Waals surface area contributed by atoms with Crippen LogP contribution in [-0.4, -0.2) is 35.3 Å². The van der Waals surface area contributed by atoms with Gasteiger partial charge in [-0.25, -0.2) is 9.59 Å². The number of urea groups is 2. The monoisotopic (exact) mass is 444 g/mol. The van der Waals surface area contributed by atoms with E-state index in [4.69, 9.17) is 0 Å². The molecule has 3 N–H and O–H groups in total. The minimum atomic E-state index is -1.33. The lowest BCUT2D eigenvalue weighted by Gasteiger charge is -2.24. The largest absolute Gasteiger partial charge is 0.325 e. The molecular weight excluding hydrogens is 420 g/mol. The summed E-state index contributed by atoms with van der Waals surface area (Å²) < 4.78 is 0. The van der Waals surface area contributed by atoms with Crippen molar-refractivity contribution >= 4 is 40.3 Å². The summed E-state index contributed by atoms with van der Waals surface area (Å²) in [5.41, 5.74) is 1.73. The number of hydrogen-bond acceptors (Lipinski definition) is 4. The first kappa shape index (κ1) is 22.0. The number of rotatable bonds is 4. The smallest absolute Gasteiger partial charge is 0.319 e. The number of fused-ring (bicyclic) bond motifs is 1. The van der Waals surface area contributed by atoms with Crippen LogP contribution >= 0.6 is 0 Å². The van der Waals surface area contributed by atoms with Crippen LogP contribution in [0, 0.1) is 13.8 Å². The summed E-state index contributed by atoms with van der Waals surface area (Å²) in [6, 6.07) is 17.1. The van der Waals surface area contributed by atoms with E-state index in [2.05, 4.69) is 16.0 Å². The average molecular weight is 444 g/mol. The molecule has 1 heterocycles. The molecule has 0 saturated carbocycles. The Morgan fingerprint density at radius 1 is 0.970 bits per heavy atom. The normalized spacial score (nSPS) is 17.7. The Morgan fingerprint density at radius 3 is 2.45 bits per heavy atom. The summed E-state index contributed by atoms with van der Waals surface area (Å²) in [7, 11) is 0. The fraction of sp³-hybridized carbons (Fsp3) is 0.200. The van der Waals surface area contributed by atoms with Crippen LogP contribution in [0.25, 0.3) is 10.8 Å². The van der Waals surface area contributed by atoms with Gasteiger partial charge in [0.15, 0.2) is 0 Å². The first-order valence-corrected chi connectivity index (χ1v) is 10.5. The Labute approximate surface area is 191 Å². The van der Waals surface area contributed by atoms with Gasteiger partial charge in [-0.2, -0.15) is 0 Å². The number of imide groups is 2. The highest BCUT2D eigenvalue weighted by atomic mass is 16.2. The Morgan fingerprint density at radius 2 is 1.67 bits per heavy atom. The molecule has 1 saturated heterocycles. The number of carbonyl (C=O) groups is 4. The quantitative estimate of drug-likeness (QED) is 0.535. The van der Waals surface area contributed by atoms with Crippen LogP contribution in [0.3, 0.4) is 0 Å². The lowest BCUT2D eigenvalue weighted by Crippen LogP contribution is -2.45. The maximum absolute atomic E-state index is 13.2. The maximum Gasteiger partial charge on any atom is 0.325 e. The highest BCUT2D eigenvalue weighted by molar-refractivity contribution is 6.12. The van der Waals surface area contributed by atoms with Gasteiger partial charge in [-0.15, -0.1) is 0 Å². The molecule has 8 nitrogen and oxygen atoms in total. The van der Waals surface area contributed by atoms with Crippen molar-refractivity contribution < 1.29 is 19.2 Å². The Hall–Kier alpha value is -4.20. The number of nitrogens with one attached hydrogen (secondary N) is 3. The van der Waals surface area contributed by atoms with E-state index in [1.54, 1.807) is 25.1 Å². The highest BCUT2D eigenvalue weighted by Crippen LogP contribution is 2.33.